The van der Waals surface area contributed by atoms with Gasteiger partial charge in [0.1, 0.15) is 11.8 Å². The van der Waals surface area contributed by atoms with Crippen LogP contribution >= 0.6 is 0 Å². The van der Waals surface area contributed by atoms with E-state index in [1.54, 1.807) is 6.07 Å². The molecule has 2 fully saturated rings. The molecule has 0 bridgehead atoms. The highest BCUT2D eigenvalue weighted by Gasteiger charge is 2.35. The Bertz CT molecular complexity index is 604. The van der Waals surface area contributed by atoms with Gasteiger partial charge in [0, 0.05) is 44.6 Å². The number of aromatic nitrogens is 1. The van der Waals surface area contributed by atoms with Gasteiger partial charge in [-0.3, -0.25) is 9.88 Å². The van der Waals surface area contributed by atoms with Gasteiger partial charge >= 0.3 is 6.18 Å². The first-order valence-corrected chi connectivity index (χ1v) is 8.79. The van der Waals surface area contributed by atoms with Crippen LogP contribution in [-0.4, -0.2) is 76.2 Å². The summed E-state index contributed by atoms with van der Waals surface area (Å²) in [6.07, 6.45) is -4.62. The number of rotatable bonds is 3. The second kappa shape index (κ2) is 7.67. The third-order valence-electron chi connectivity index (χ3n) is 5.11. The first-order valence-electron chi connectivity index (χ1n) is 8.79. The molecule has 4 atom stereocenters. The van der Waals surface area contributed by atoms with Gasteiger partial charge in [-0.15, -0.1) is 0 Å². The smallest absolute Gasteiger partial charge is 0.389 e. The minimum Gasteiger partial charge on any atom is -0.389 e. The first-order chi connectivity index (χ1) is 12.2. The number of hydrogen-bond donors (Lipinski definition) is 3. The maximum Gasteiger partial charge on any atom is 0.433 e. The predicted molar refractivity (Wildman–Crippen MR) is 88.6 cm³/mol. The lowest BCUT2D eigenvalue weighted by Crippen LogP contribution is -2.56. The fraction of sp³-hybridized carbons (Fsp3) is 0.706. The van der Waals surface area contributed by atoms with E-state index in [1.807, 2.05) is 9.80 Å². The third-order valence-corrected chi connectivity index (χ3v) is 5.11. The summed E-state index contributed by atoms with van der Waals surface area (Å²) in [5.41, 5.74) is -0.389. The van der Waals surface area contributed by atoms with E-state index in [-0.39, 0.29) is 19.0 Å². The minimum atomic E-state index is -4.47. The molecule has 146 valence electrons. The molecule has 2 aliphatic rings. The van der Waals surface area contributed by atoms with Crippen molar-refractivity contribution in [3.8, 4) is 0 Å². The maximum absolute atomic E-state index is 12.9. The summed E-state index contributed by atoms with van der Waals surface area (Å²) in [5.74, 6) is 0.209. The molecule has 3 rings (SSSR count). The minimum absolute atomic E-state index is 0.209. The number of likely N-dealkylation sites (tertiary alicyclic amines) is 1. The average Bonchev–Trinajstić information content (AvgIpc) is 2.59. The van der Waals surface area contributed by atoms with E-state index >= 15 is 0 Å². The monoisotopic (exact) mass is 375 g/mol. The fourth-order valence-corrected chi connectivity index (χ4v) is 3.81. The molecule has 2 saturated heterocycles. The van der Waals surface area contributed by atoms with E-state index < -0.39 is 30.2 Å². The molecule has 2 aliphatic heterocycles. The van der Waals surface area contributed by atoms with Crippen molar-refractivity contribution in [1.82, 2.24) is 9.88 Å². The lowest BCUT2D eigenvalue weighted by Gasteiger charge is -2.41. The van der Waals surface area contributed by atoms with E-state index in [9.17, 15) is 28.5 Å². The van der Waals surface area contributed by atoms with Gasteiger partial charge in [-0.25, -0.2) is 0 Å². The van der Waals surface area contributed by atoms with E-state index in [0.29, 0.717) is 25.3 Å². The molecule has 0 spiro atoms. The van der Waals surface area contributed by atoms with Crippen LogP contribution in [0.5, 0.6) is 0 Å². The number of aliphatic hydroxyl groups excluding tert-OH is 3. The van der Waals surface area contributed by atoms with Crippen molar-refractivity contribution in [2.45, 2.75) is 37.3 Å². The maximum atomic E-state index is 12.9. The molecule has 1 aromatic rings. The van der Waals surface area contributed by atoms with Crippen molar-refractivity contribution in [2.75, 3.05) is 37.6 Å². The Labute approximate surface area is 149 Å². The molecule has 1 aromatic heterocycles. The van der Waals surface area contributed by atoms with Gasteiger partial charge in [0.25, 0.3) is 0 Å². The Morgan fingerprint density at radius 1 is 1.12 bits per heavy atom. The molecule has 0 amide bonds. The van der Waals surface area contributed by atoms with Gasteiger partial charge in [-0.05, 0) is 30.9 Å². The van der Waals surface area contributed by atoms with Crippen LogP contribution < -0.4 is 4.90 Å². The molecule has 9 heteroatoms. The van der Waals surface area contributed by atoms with Crippen LogP contribution in [0.3, 0.4) is 0 Å². The standard InChI is InChI=1S/C17H24F3N3O3/c18-17(19,20)15-6-12(3-4-21-15)23-5-1-2-11(8-23)7-22-9-13(24)16(26)14(25)10-22/h3-4,6,11,13-14,16,24-26H,1-2,5,7-10H2/t11-,13-,14+,16+/m1/s1. The number of piperidine rings is 2. The van der Waals surface area contributed by atoms with Crippen molar-refractivity contribution < 1.29 is 28.5 Å². The normalized spacial score (nSPS) is 31.2. The van der Waals surface area contributed by atoms with Crippen LogP contribution in [0.4, 0.5) is 18.9 Å². The van der Waals surface area contributed by atoms with Crippen molar-refractivity contribution >= 4 is 5.69 Å². The Morgan fingerprint density at radius 3 is 2.46 bits per heavy atom. The first kappa shape index (κ1) is 19.3. The summed E-state index contributed by atoms with van der Waals surface area (Å²) in [5, 5.41) is 29.2. The number of nitrogens with zero attached hydrogens (tertiary/aromatic N) is 3. The van der Waals surface area contributed by atoms with Crippen LogP contribution in [0, 0.1) is 5.92 Å². The number of alkyl halides is 3. The van der Waals surface area contributed by atoms with E-state index in [2.05, 4.69) is 4.98 Å². The summed E-state index contributed by atoms with van der Waals surface area (Å²) < 4.78 is 38.6. The molecule has 26 heavy (non-hydrogen) atoms. The predicted octanol–water partition coefficient (Wildman–Crippen LogP) is 0.715. The van der Waals surface area contributed by atoms with E-state index in [4.69, 9.17) is 0 Å². The quantitative estimate of drug-likeness (QED) is 0.722. The highest BCUT2D eigenvalue weighted by Crippen LogP contribution is 2.31. The molecule has 0 aliphatic carbocycles. The number of aliphatic hydroxyl groups is 3. The molecule has 3 N–H and O–H groups in total. The molecule has 0 radical (unpaired) electrons. The molecule has 0 unspecified atom stereocenters. The molecule has 0 saturated carbocycles. The van der Waals surface area contributed by atoms with Crippen LogP contribution in [0.2, 0.25) is 0 Å². The number of halogens is 3. The van der Waals surface area contributed by atoms with E-state index in [0.717, 1.165) is 18.9 Å². The van der Waals surface area contributed by atoms with Crippen molar-refractivity contribution in [3.63, 3.8) is 0 Å². The highest BCUT2D eigenvalue weighted by molar-refractivity contribution is 5.47. The van der Waals surface area contributed by atoms with Crippen LogP contribution in [0.25, 0.3) is 0 Å². The molecule has 3 heterocycles. The zero-order valence-corrected chi connectivity index (χ0v) is 14.3. The van der Waals surface area contributed by atoms with Gasteiger partial charge in [-0.1, -0.05) is 0 Å². The second-order valence-corrected chi connectivity index (χ2v) is 7.20. The Hall–Kier alpha value is -1.42. The summed E-state index contributed by atoms with van der Waals surface area (Å²) in [6, 6.07) is 2.66. The number of pyridine rings is 1. The third kappa shape index (κ3) is 4.46. The fourth-order valence-electron chi connectivity index (χ4n) is 3.81. The van der Waals surface area contributed by atoms with E-state index in [1.165, 1.54) is 6.20 Å². The lowest BCUT2D eigenvalue weighted by atomic mass is 9.94. The van der Waals surface area contributed by atoms with Gasteiger partial charge in [0.05, 0.1) is 12.2 Å². The Balaban J connectivity index is 1.63. The largest absolute Gasteiger partial charge is 0.433 e. The lowest BCUT2D eigenvalue weighted by molar-refractivity contribution is -0.141. The van der Waals surface area contributed by atoms with Crippen LogP contribution in [0.15, 0.2) is 18.3 Å². The molecule has 6 nitrogen and oxygen atoms in total. The van der Waals surface area contributed by atoms with Crippen molar-refractivity contribution in [2.24, 2.45) is 5.92 Å². The molecule has 0 aromatic carbocycles. The van der Waals surface area contributed by atoms with Gasteiger partial charge in [-0.2, -0.15) is 13.2 Å². The Morgan fingerprint density at radius 2 is 1.81 bits per heavy atom. The molecular weight excluding hydrogens is 351 g/mol. The zero-order chi connectivity index (χ0) is 18.9. The van der Waals surface area contributed by atoms with Gasteiger partial charge in [0.2, 0.25) is 0 Å². The van der Waals surface area contributed by atoms with Crippen LogP contribution in [0.1, 0.15) is 18.5 Å². The number of β-amino-alcohol motifs (C(OH)–C–C–N with tert-alkyl or cyclic N) is 2. The number of hydrogen-bond acceptors (Lipinski definition) is 6. The average molecular weight is 375 g/mol. The van der Waals surface area contributed by atoms with Crippen LogP contribution in [-0.2, 0) is 6.18 Å². The van der Waals surface area contributed by atoms with Gasteiger partial charge < -0.3 is 20.2 Å². The van der Waals surface area contributed by atoms with Crippen molar-refractivity contribution in [3.05, 3.63) is 24.0 Å². The summed E-state index contributed by atoms with van der Waals surface area (Å²) >= 11 is 0. The topological polar surface area (TPSA) is 80.1 Å². The van der Waals surface area contributed by atoms with Gasteiger partial charge in [0.15, 0.2) is 0 Å². The summed E-state index contributed by atoms with van der Waals surface area (Å²) in [7, 11) is 0. The second-order valence-electron chi connectivity index (χ2n) is 7.20. The highest BCUT2D eigenvalue weighted by atomic mass is 19.4. The summed E-state index contributed by atoms with van der Waals surface area (Å²) in [6.45, 7) is 2.47. The Kier molecular flexibility index (Phi) is 5.71. The molecular formula is C17H24F3N3O3. The summed E-state index contributed by atoms with van der Waals surface area (Å²) in [4.78, 5) is 7.24. The van der Waals surface area contributed by atoms with Crippen molar-refractivity contribution in [1.29, 1.82) is 0 Å². The SMILES string of the molecule is O[C@H]1[C@H](O)CN(C[C@H]2CCCN(c3ccnc(C(F)(F)F)c3)C2)C[C@@H]1O. The zero-order valence-electron chi connectivity index (χ0n) is 14.3. The number of anilines is 1.